The van der Waals surface area contributed by atoms with E-state index in [0.717, 1.165) is 35.2 Å². The van der Waals surface area contributed by atoms with E-state index < -0.39 is 0 Å². The van der Waals surface area contributed by atoms with E-state index in [-0.39, 0.29) is 18.2 Å². The molecule has 3 aromatic rings. The van der Waals surface area contributed by atoms with Gasteiger partial charge in [-0.25, -0.2) is 0 Å². The number of aromatic hydroxyl groups is 1. The second kappa shape index (κ2) is 6.31. The van der Waals surface area contributed by atoms with Crippen LogP contribution in [0.4, 0.5) is 5.69 Å². The first-order chi connectivity index (χ1) is 12.2. The molecule has 0 atom stereocenters. The number of rotatable bonds is 4. The van der Waals surface area contributed by atoms with Gasteiger partial charge in [0.05, 0.1) is 12.1 Å². The number of nitrogens with zero attached hydrogens (tertiary/aromatic N) is 2. The maximum atomic E-state index is 11.2. The van der Waals surface area contributed by atoms with Gasteiger partial charge in [-0.15, -0.1) is 4.91 Å². The fourth-order valence-corrected chi connectivity index (χ4v) is 3.75. The molecule has 0 unspecified atom stereocenters. The van der Waals surface area contributed by atoms with Crippen LogP contribution in [0.1, 0.15) is 11.1 Å². The lowest BCUT2D eigenvalue weighted by atomic mass is 9.88. The molecule has 1 aliphatic heterocycles. The predicted octanol–water partition coefficient (Wildman–Crippen LogP) is 3.29. The van der Waals surface area contributed by atoms with Crippen molar-refractivity contribution in [3.63, 3.8) is 0 Å². The van der Waals surface area contributed by atoms with Gasteiger partial charge >= 0.3 is 0 Å². The summed E-state index contributed by atoms with van der Waals surface area (Å²) < 4.78 is 0. The van der Waals surface area contributed by atoms with Crippen LogP contribution in [0.2, 0.25) is 0 Å². The number of aromatic amines is 1. The highest BCUT2D eigenvalue weighted by molar-refractivity contribution is 6.00. The van der Waals surface area contributed by atoms with Crippen LogP contribution in [-0.2, 0) is 13.0 Å². The zero-order valence-electron chi connectivity index (χ0n) is 13.7. The Morgan fingerprint density at radius 2 is 2.00 bits per heavy atom. The summed E-state index contributed by atoms with van der Waals surface area (Å²) in [6, 6.07) is 12.0. The number of fused-ring (bicyclic) bond motifs is 3. The molecule has 2 heterocycles. The number of aliphatic hydroxyl groups is 1. The lowest BCUT2D eigenvalue weighted by molar-refractivity contribution is 0.185. The molecule has 0 bridgehead atoms. The summed E-state index contributed by atoms with van der Waals surface area (Å²) in [6.07, 6.45) is 0.846. The van der Waals surface area contributed by atoms with Gasteiger partial charge in [-0.2, -0.15) is 0 Å². The maximum Gasteiger partial charge on any atom is 0.219 e. The summed E-state index contributed by atoms with van der Waals surface area (Å²) in [7, 11) is 0. The van der Waals surface area contributed by atoms with E-state index in [2.05, 4.69) is 15.1 Å². The molecule has 0 fully saturated rings. The first-order valence-electron chi connectivity index (χ1n) is 8.34. The number of hydrogen-bond donors (Lipinski definition) is 3. The first kappa shape index (κ1) is 15.8. The molecule has 1 aromatic heterocycles. The minimum absolute atomic E-state index is 0.0502. The van der Waals surface area contributed by atoms with E-state index in [1.54, 1.807) is 0 Å². The van der Waals surface area contributed by atoms with Crippen LogP contribution in [0, 0.1) is 4.91 Å². The molecule has 25 heavy (non-hydrogen) atoms. The molecule has 128 valence electrons. The molecule has 0 spiro atoms. The van der Waals surface area contributed by atoms with Crippen molar-refractivity contribution in [2.75, 3.05) is 19.7 Å². The normalized spacial score (nSPS) is 14.6. The molecule has 2 aromatic carbocycles. The van der Waals surface area contributed by atoms with E-state index in [1.807, 2.05) is 36.4 Å². The first-order valence-corrected chi connectivity index (χ1v) is 8.34. The van der Waals surface area contributed by atoms with E-state index >= 15 is 0 Å². The number of nitrogens with one attached hydrogen (secondary N) is 1. The Morgan fingerprint density at radius 1 is 1.20 bits per heavy atom. The SMILES string of the molecule is O=Nc1c(O)[nH]c2c3c(c(-c4ccccc4)cc12)CCN(CCO)C3. The molecule has 4 rings (SSSR count). The Kier molecular flexibility index (Phi) is 3.99. The van der Waals surface area contributed by atoms with Gasteiger partial charge in [0.2, 0.25) is 5.88 Å². The van der Waals surface area contributed by atoms with Gasteiger partial charge in [0.15, 0.2) is 5.69 Å². The number of β-amino-alcohol motifs (C(OH)–C–C–N with tert-alkyl or cyclic N) is 1. The molecule has 3 N–H and O–H groups in total. The molecule has 0 amide bonds. The minimum atomic E-state index is -0.198. The number of aromatic nitrogens is 1. The highest BCUT2D eigenvalue weighted by atomic mass is 16.3. The fraction of sp³-hybridized carbons (Fsp3) is 0.263. The number of benzene rings is 2. The molecule has 0 saturated carbocycles. The monoisotopic (exact) mass is 337 g/mol. The van der Waals surface area contributed by atoms with Gasteiger partial charge in [0.1, 0.15) is 0 Å². The lowest BCUT2D eigenvalue weighted by Gasteiger charge is -2.30. The zero-order chi connectivity index (χ0) is 17.4. The maximum absolute atomic E-state index is 11.2. The van der Waals surface area contributed by atoms with Crippen molar-refractivity contribution in [2.45, 2.75) is 13.0 Å². The van der Waals surface area contributed by atoms with Gasteiger partial charge in [-0.3, -0.25) is 4.90 Å². The second-order valence-corrected chi connectivity index (χ2v) is 6.33. The van der Waals surface area contributed by atoms with Crippen LogP contribution in [0.15, 0.2) is 41.6 Å². The van der Waals surface area contributed by atoms with E-state index in [9.17, 15) is 15.1 Å². The smallest absolute Gasteiger partial charge is 0.219 e. The lowest BCUT2D eigenvalue weighted by Crippen LogP contribution is -2.33. The Morgan fingerprint density at radius 3 is 2.72 bits per heavy atom. The molecule has 6 nitrogen and oxygen atoms in total. The van der Waals surface area contributed by atoms with Crippen molar-refractivity contribution >= 4 is 16.6 Å². The van der Waals surface area contributed by atoms with Gasteiger partial charge in [-0.1, -0.05) is 30.3 Å². The van der Waals surface area contributed by atoms with Crippen LogP contribution in [0.25, 0.3) is 22.0 Å². The Labute approximate surface area is 144 Å². The average molecular weight is 337 g/mol. The average Bonchev–Trinajstić information content (AvgIpc) is 2.97. The largest absolute Gasteiger partial charge is 0.493 e. The molecule has 1 aliphatic rings. The van der Waals surface area contributed by atoms with Gasteiger partial charge in [-0.05, 0) is 39.9 Å². The van der Waals surface area contributed by atoms with Crippen molar-refractivity contribution in [3.05, 3.63) is 52.4 Å². The van der Waals surface area contributed by atoms with Crippen LogP contribution in [0.5, 0.6) is 5.88 Å². The number of hydrogen-bond acceptors (Lipinski definition) is 5. The molecular weight excluding hydrogens is 318 g/mol. The minimum Gasteiger partial charge on any atom is -0.493 e. The summed E-state index contributed by atoms with van der Waals surface area (Å²) in [5.41, 5.74) is 5.22. The summed E-state index contributed by atoms with van der Waals surface area (Å²) in [6.45, 7) is 2.23. The van der Waals surface area contributed by atoms with Crippen LogP contribution < -0.4 is 0 Å². The third-order valence-corrected chi connectivity index (χ3v) is 4.92. The number of aliphatic hydroxyl groups excluding tert-OH is 1. The quantitative estimate of drug-likeness (QED) is 0.637. The number of nitroso groups, excluding NO2 is 1. The molecule has 0 aliphatic carbocycles. The third kappa shape index (κ3) is 2.59. The number of H-pyrrole nitrogens is 1. The molecule has 6 heteroatoms. The highest BCUT2D eigenvalue weighted by Gasteiger charge is 2.25. The fourth-order valence-electron chi connectivity index (χ4n) is 3.75. The van der Waals surface area contributed by atoms with Crippen molar-refractivity contribution in [1.82, 2.24) is 9.88 Å². The Hall–Kier alpha value is -2.70. The summed E-state index contributed by atoms with van der Waals surface area (Å²) in [5, 5.41) is 23.0. The van der Waals surface area contributed by atoms with Crippen LogP contribution in [-0.4, -0.2) is 39.8 Å². The van der Waals surface area contributed by atoms with E-state index in [1.165, 1.54) is 5.56 Å². The zero-order valence-corrected chi connectivity index (χ0v) is 13.7. The van der Waals surface area contributed by atoms with Gasteiger partial charge in [0.25, 0.3) is 0 Å². The van der Waals surface area contributed by atoms with Crippen molar-refractivity contribution in [3.8, 4) is 17.0 Å². The molecular formula is C19H19N3O3. The summed E-state index contributed by atoms with van der Waals surface area (Å²) in [4.78, 5) is 16.3. The van der Waals surface area contributed by atoms with Gasteiger partial charge in [0, 0.05) is 25.0 Å². The topological polar surface area (TPSA) is 88.9 Å². The summed E-state index contributed by atoms with van der Waals surface area (Å²) in [5.74, 6) is -0.198. The Balaban J connectivity index is 1.99. The van der Waals surface area contributed by atoms with Crippen LogP contribution >= 0.6 is 0 Å². The Bertz CT molecular complexity index is 934. The van der Waals surface area contributed by atoms with E-state index in [0.29, 0.717) is 18.5 Å². The third-order valence-electron chi connectivity index (χ3n) is 4.92. The van der Waals surface area contributed by atoms with Crippen molar-refractivity contribution in [1.29, 1.82) is 0 Å². The predicted molar refractivity (Wildman–Crippen MR) is 96.9 cm³/mol. The highest BCUT2D eigenvalue weighted by Crippen LogP contribution is 2.42. The van der Waals surface area contributed by atoms with Crippen molar-refractivity contribution in [2.24, 2.45) is 5.18 Å². The summed E-state index contributed by atoms with van der Waals surface area (Å²) >= 11 is 0. The van der Waals surface area contributed by atoms with Crippen LogP contribution in [0.3, 0.4) is 0 Å². The second-order valence-electron chi connectivity index (χ2n) is 6.33. The molecule has 0 radical (unpaired) electrons. The van der Waals surface area contributed by atoms with Crippen molar-refractivity contribution < 1.29 is 10.2 Å². The molecule has 0 saturated heterocycles. The van der Waals surface area contributed by atoms with E-state index in [4.69, 9.17) is 0 Å². The van der Waals surface area contributed by atoms with Gasteiger partial charge < -0.3 is 15.2 Å². The standard InChI is InChI=1S/C19H19N3O3/c23-9-8-22-7-6-13-14(12-4-2-1-3-5-12)10-15-17(16(13)11-22)20-19(24)18(15)21-25/h1-5,10,20,23-24H,6-9,11H2.